The van der Waals surface area contributed by atoms with E-state index in [1.807, 2.05) is 19.2 Å². The lowest BCUT2D eigenvalue weighted by atomic mass is 10.2. The number of anilines is 1. The highest BCUT2D eigenvalue weighted by atomic mass is 35.5. The van der Waals surface area contributed by atoms with Gasteiger partial charge in [-0.2, -0.15) is 18.3 Å². The van der Waals surface area contributed by atoms with Crippen molar-refractivity contribution in [2.45, 2.75) is 19.6 Å². The maximum atomic E-state index is 10.6. The third-order valence-electron chi connectivity index (χ3n) is 4.77. The maximum absolute atomic E-state index is 10.6. The lowest BCUT2D eigenvalue weighted by Gasteiger charge is -2.36. The molecule has 1 fully saturated rings. The molecular formula is C19H20ClF3N6O2. The summed E-state index contributed by atoms with van der Waals surface area (Å²) in [5, 5.41) is 16.1. The average molecular weight is 457 g/mol. The number of halogens is 4. The number of aliphatic carboxylic acids is 1. The molecule has 0 spiro atoms. The van der Waals surface area contributed by atoms with Crippen LogP contribution in [0.25, 0.3) is 11.0 Å². The summed E-state index contributed by atoms with van der Waals surface area (Å²) in [6.07, 6.45) is 0.341. The van der Waals surface area contributed by atoms with Crippen LogP contribution in [0.3, 0.4) is 0 Å². The summed E-state index contributed by atoms with van der Waals surface area (Å²) in [6, 6.07) is 4.17. The Hall–Kier alpha value is -2.92. The number of pyridine rings is 2. The van der Waals surface area contributed by atoms with E-state index >= 15 is 0 Å². The molecule has 4 rings (SSSR count). The SMILES string of the molecule is Cc1[nH]nc2ncc(CN3CCN(c4ccncc4Cl)CC3)cc12.O=C(O)C(F)(F)F. The molecule has 0 aromatic carbocycles. The third kappa shape index (κ3) is 5.82. The Bertz CT molecular complexity index is 1050. The number of alkyl halides is 3. The number of hydrogen-bond acceptors (Lipinski definition) is 6. The predicted octanol–water partition coefficient (Wildman–Crippen LogP) is 3.27. The van der Waals surface area contributed by atoms with Gasteiger partial charge < -0.3 is 10.0 Å². The molecular weight excluding hydrogens is 437 g/mol. The van der Waals surface area contributed by atoms with Gasteiger partial charge in [0.25, 0.3) is 0 Å². The number of H-pyrrole nitrogens is 1. The molecule has 4 heterocycles. The van der Waals surface area contributed by atoms with Crippen molar-refractivity contribution in [1.29, 1.82) is 0 Å². The van der Waals surface area contributed by atoms with Crippen molar-refractivity contribution in [3.63, 3.8) is 0 Å². The molecule has 0 bridgehead atoms. The number of aromatic amines is 1. The largest absolute Gasteiger partial charge is 0.490 e. The summed E-state index contributed by atoms with van der Waals surface area (Å²) in [6.45, 7) is 6.86. The van der Waals surface area contributed by atoms with Crippen LogP contribution in [0.1, 0.15) is 11.3 Å². The van der Waals surface area contributed by atoms with E-state index in [1.54, 1.807) is 12.4 Å². The van der Waals surface area contributed by atoms with Crippen LogP contribution < -0.4 is 4.90 Å². The van der Waals surface area contributed by atoms with Gasteiger partial charge in [0.05, 0.1) is 10.7 Å². The molecule has 8 nitrogen and oxygen atoms in total. The average Bonchev–Trinajstić information content (AvgIpc) is 3.09. The maximum Gasteiger partial charge on any atom is 0.490 e. The van der Waals surface area contributed by atoms with E-state index in [0.717, 1.165) is 60.2 Å². The molecule has 12 heteroatoms. The molecule has 0 amide bonds. The molecule has 0 unspecified atom stereocenters. The Morgan fingerprint density at radius 3 is 2.55 bits per heavy atom. The van der Waals surface area contributed by atoms with Gasteiger partial charge in [-0.1, -0.05) is 11.6 Å². The van der Waals surface area contributed by atoms with Crippen molar-refractivity contribution in [2.75, 3.05) is 31.1 Å². The Balaban J connectivity index is 0.000000339. The minimum atomic E-state index is -5.08. The fraction of sp³-hybridized carbons (Fsp3) is 0.368. The van der Waals surface area contributed by atoms with E-state index in [2.05, 4.69) is 36.0 Å². The number of hydrogen-bond donors (Lipinski definition) is 2. The van der Waals surface area contributed by atoms with Gasteiger partial charge in [0.2, 0.25) is 0 Å². The minimum Gasteiger partial charge on any atom is -0.475 e. The number of carboxylic acid groups (broad SMARTS) is 1. The third-order valence-corrected chi connectivity index (χ3v) is 5.06. The topological polar surface area (TPSA) is 98.2 Å². The van der Waals surface area contributed by atoms with E-state index in [1.165, 1.54) is 5.56 Å². The Morgan fingerprint density at radius 1 is 1.26 bits per heavy atom. The van der Waals surface area contributed by atoms with Gasteiger partial charge in [-0.3, -0.25) is 15.0 Å². The number of piperazine rings is 1. The number of nitrogens with one attached hydrogen (secondary N) is 1. The van der Waals surface area contributed by atoms with Gasteiger partial charge in [0.1, 0.15) is 0 Å². The van der Waals surface area contributed by atoms with E-state index in [0.29, 0.717) is 0 Å². The summed E-state index contributed by atoms with van der Waals surface area (Å²) < 4.78 is 31.7. The van der Waals surface area contributed by atoms with Crippen LogP contribution in [0.4, 0.5) is 18.9 Å². The normalized spacial score (nSPS) is 14.9. The lowest BCUT2D eigenvalue weighted by molar-refractivity contribution is -0.192. The highest BCUT2D eigenvalue weighted by Gasteiger charge is 2.38. The highest BCUT2D eigenvalue weighted by Crippen LogP contribution is 2.25. The number of rotatable bonds is 3. The van der Waals surface area contributed by atoms with Gasteiger partial charge in [0.15, 0.2) is 5.65 Å². The van der Waals surface area contributed by atoms with Crippen LogP contribution in [-0.4, -0.2) is 68.5 Å². The fourth-order valence-corrected chi connectivity index (χ4v) is 3.42. The monoisotopic (exact) mass is 456 g/mol. The molecule has 0 atom stereocenters. The van der Waals surface area contributed by atoms with Gasteiger partial charge in [-0.05, 0) is 24.6 Å². The van der Waals surface area contributed by atoms with Crippen molar-refractivity contribution in [1.82, 2.24) is 25.1 Å². The first-order valence-corrected chi connectivity index (χ1v) is 9.69. The van der Waals surface area contributed by atoms with Crippen molar-refractivity contribution >= 4 is 34.3 Å². The molecule has 1 aliphatic rings. The summed E-state index contributed by atoms with van der Waals surface area (Å²) >= 11 is 6.25. The van der Waals surface area contributed by atoms with Crippen molar-refractivity contribution in [3.8, 4) is 0 Å². The van der Waals surface area contributed by atoms with Crippen LogP contribution >= 0.6 is 11.6 Å². The standard InChI is InChI=1S/C17H19ClN6.C2HF3O2/c1-12-14-8-13(9-20-17(14)22-21-12)11-23-4-6-24(7-5-23)16-2-3-19-10-15(16)18;3-2(4,5)1(6)7/h2-3,8-10H,4-7,11H2,1H3,(H,20,21,22);(H,6,7). The number of aryl methyl sites for hydroxylation is 1. The summed E-state index contributed by atoms with van der Waals surface area (Å²) in [5.74, 6) is -2.76. The Morgan fingerprint density at radius 2 is 1.94 bits per heavy atom. The zero-order valence-corrected chi connectivity index (χ0v) is 17.3. The van der Waals surface area contributed by atoms with Gasteiger partial charge >= 0.3 is 12.1 Å². The number of nitrogens with zero attached hydrogens (tertiary/aromatic N) is 5. The van der Waals surface area contributed by atoms with E-state index < -0.39 is 12.1 Å². The summed E-state index contributed by atoms with van der Waals surface area (Å²) in [4.78, 5) is 22.2. The number of aromatic nitrogens is 4. The molecule has 31 heavy (non-hydrogen) atoms. The molecule has 1 aliphatic heterocycles. The smallest absolute Gasteiger partial charge is 0.475 e. The molecule has 0 saturated carbocycles. The van der Waals surface area contributed by atoms with Crippen molar-refractivity contribution < 1.29 is 23.1 Å². The number of carboxylic acids is 1. The second-order valence-electron chi connectivity index (χ2n) is 6.96. The summed E-state index contributed by atoms with van der Waals surface area (Å²) in [5.41, 5.74) is 4.15. The first-order valence-electron chi connectivity index (χ1n) is 9.31. The number of fused-ring (bicyclic) bond motifs is 1. The first-order chi connectivity index (χ1) is 14.6. The summed E-state index contributed by atoms with van der Waals surface area (Å²) in [7, 11) is 0. The fourth-order valence-electron chi connectivity index (χ4n) is 3.18. The van der Waals surface area contributed by atoms with Gasteiger partial charge in [0, 0.05) is 62.4 Å². The quantitative estimate of drug-likeness (QED) is 0.624. The predicted molar refractivity (Wildman–Crippen MR) is 109 cm³/mol. The van der Waals surface area contributed by atoms with Crippen LogP contribution in [0.2, 0.25) is 5.02 Å². The molecule has 0 radical (unpaired) electrons. The zero-order chi connectivity index (χ0) is 22.6. The lowest BCUT2D eigenvalue weighted by Crippen LogP contribution is -2.46. The molecule has 3 aromatic rings. The second-order valence-corrected chi connectivity index (χ2v) is 7.36. The van der Waals surface area contributed by atoms with E-state index in [9.17, 15) is 13.2 Å². The zero-order valence-electron chi connectivity index (χ0n) is 16.5. The van der Waals surface area contributed by atoms with E-state index in [4.69, 9.17) is 21.5 Å². The van der Waals surface area contributed by atoms with Gasteiger partial charge in [-0.15, -0.1) is 0 Å². The molecule has 2 N–H and O–H groups in total. The Kier molecular flexibility index (Phi) is 6.96. The molecule has 1 saturated heterocycles. The van der Waals surface area contributed by atoms with Crippen LogP contribution in [0.15, 0.2) is 30.7 Å². The number of carbonyl (C=O) groups is 1. The second kappa shape index (κ2) is 9.48. The van der Waals surface area contributed by atoms with Crippen molar-refractivity contribution in [3.05, 3.63) is 47.0 Å². The minimum absolute atomic E-state index is 0.719. The van der Waals surface area contributed by atoms with Crippen LogP contribution in [0.5, 0.6) is 0 Å². The van der Waals surface area contributed by atoms with Gasteiger partial charge in [-0.25, -0.2) is 9.78 Å². The Labute approximate surface area is 180 Å². The van der Waals surface area contributed by atoms with Crippen LogP contribution in [0, 0.1) is 6.92 Å². The molecule has 3 aromatic heterocycles. The van der Waals surface area contributed by atoms with Crippen molar-refractivity contribution in [2.24, 2.45) is 0 Å². The molecule has 166 valence electrons. The first kappa shape index (κ1) is 22.8. The van der Waals surface area contributed by atoms with Crippen LogP contribution in [-0.2, 0) is 11.3 Å². The van der Waals surface area contributed by atoms with E-state index in [-0.39, 0.29) is 0 Å². The molecule has 0 aliphatic carbocycles. The highest BCUT2D eigenvalue weighted by molar-refractivity contribution is 6.33.